The predicted molar refractivity (Wildman–Crippen MR) is 79.1 cm³/mol. The Balaban J connectivity index is 1.84. The highest BCUT2D eigenvalue weighted by molar-refractivity contribution is 5.97. The quantitative estimate of drug-likeness (QED) is 0.846. The van der Waals surface area contributed by atoms with Gasteiger partial charge in [0.15, 0.2) is 0 Å². The third-order valence-electron chi connectivity index (χ3n) is 4.65. The second-order valence-corrected chi connectivity index (χ2v) is 6.01. The van der Waals surface area contributed by atoms with Gasteiger partial charge in [-0.2, -0.15) is 0 Å². The zero-order valence-electron chi connectivity index (χ0n) is 12.5. The summed E-state index contributed by atoms with van der Waals surface area (Å²) in [6.07, 6.45) is 4.55. The van der Waals surface area contributed by atoms with Gasteiger partial charge in [0.25, 0.3) is 0 Å². The number of methoxy groups -OCH3 is 1. The van der Waals surface area contributed by atoms with Crippen LogP contribution in [0.25, 0.3) is 0 Å². The van der Waals surface area contributed by atoms with Crippen LogP contribution in [-0.4, -0.2) is 19.0 Å². The number of nitrogens with one attached hydrogen (secondary N) is 1. The molecule has 1 fully saturated rings. The molecule has 1 aromatic rings. The molecule has 1 aromatic carbocycles. The second kappa shape index (κ2) is 5.48. The first kappa shape index (κ1) is 14.6. The molecule has 1 amide bonds. The average molecular weight is 300 g/mol. The summed E-state index contributed by atoms with van der Waals surface area (Å²) >= 11 is 0. The van der Waals surface area contributed by atoms with Crippen LogP contribution in [0.4, 0.5) is 5.69 Å². The first-order chi connectivity index (χ1) is 10.5. The van der Waals surface area contributed by atoms with Crippen LogP contribution in [0.2, 0.25) is 0 Å². The molecule has 1 saturated carbocycles. The molecule has 3 rings (SSSR count). The summed E-state index contributed by atoms with van der Waals surface area (Å²) in [4.78, 5) is 24.0. The van der Waals surface area contributed by atoms with Gasteiger partial charge in [0.05, 0.1) is 18.7 Å². The fourth-order valence-electron chi connectivity index (χ4n) is 3.64. The van der Waals surface area contributed by atoms with Crippen LogP contribution in [0.5, 0.6) is 5.75 Å². The van der Waals surface area contributed by atoms with Gasteiger partial charge in [-0.05, 0) is 42.9 Å². The normalized spacial score (nSPS) is 28.6. The third kappa shape index (κ3) is 2.36. The number of carboxylic acids is 1. The Morgan fingerprint density at radius 3 is 2.55 bits per heavy atom. The molecule has 0 unspecified atom stereocenters. The summed E-state index contributed by atoms with van der Waals surface area (Å²) in [6.45, 7) is 1.92. The number of carbonyl (C=O) groups is 2. The molecule has 0 aromatic heterocycles. The summed E-state index contributed by atoms with van der Waals surface area (Å²) in [5.74, 6) is -2.31. The maximum atomic E-state index is 12.6. The van der Waals surface area contributed by atoms with E-state index in [2.05, 4.69) is 5.32 Å². The summed E-state index contributed by atoms with van der Waals surface area (Å²) in [5, 5.41) is 14.2. The number of allylic oxidation sites excluding steroid dienone is 2. The molecule has 2 bridgehead atoms. The lowest BCUT2D eigenvalue weighted by molar-refractivity contribution is -0.313. The van der Waals surface area contributed by atoms with E-state index < -0.39 is 17.8 Å². The van der Waals surface area contributed by atoms with Crippen molar-refractivity contribution in [2.24, 2.45) is 23.7 Å². The van der Waals surface area contributed by atoms with E-state index in [-0.39, 0.29) is 17.7 Å². The van der Waals surface area contributed by atoms with Crippen molar-refractivity contribution in [3.8, 4) is 5.75 Å². The van der Waals surface area contributed by atoms with Crippen molar-refractivity contribution in [1.82, 2.24) is 0 Å². The molecule has 0 saturated heterocycles. The van der Waals surface area contributed by atoms with Crippen molar-refractivity contribution in [3.05, 3.63) is 35.9 Å². The molecule has 0 radical (unpaired) electrons. The Hall–Kier alpha value is -2.30. The van der Waals surface area contributed by atoms with Crippen molar-refractivity contribution in [3.63, 3.8) is 0 Å². The lowest BCUT2D eigenvalue weighted by atomic mass is 9.82. The summed E-state index contributed by atoms with van der Waals surface area (Å²) < 4.78 is 5.24. The molecule has 0 spiro atoms. The number of hydrogen-bond acceptors (Lipinski definition) is 4. The standard InChI is InChI=1S/C17H19NO4/c1-9-3-6-13(22-2)12(7-9)18-16(19)14-10-4-5-11(8-10)15(14)17(20)21/h3-7,10-11,14-15H,8H2,1-2H3,(H,18,19)(H,20,21)/p-1/t10-,11+,14-,15+/m1/s1. The zero-order chi connectivity index (χ0) is 15.9. The first-order valence-electron chi connectivity index (χ1n) is 7.36. The molecule has 4 atom stereocenters. The van der Waals surface area contributed by atoms with Crippen molar-refractivity contribution < 1.29 is 19.4 Å². The molecule has 2 aliphatic rings. The van der Waals surface area contributed by atoms with Gasteiger partial charge >= 0.3 is 0 Å². The van der Waals surface area contributed by atoms with Crippen molar-refractivity contribution in [2.75, 3.05) is 12.4 Å². The topological polar surface area (TPSA) is 78.5 Å². The maximum absolute atomic E-state index is 12.6. The number of ether oxygens (including phenoxy) is 1. The summed E-state index contributed by atoms with van der Waals surface area (Å²) in [5.41, 5.74) is 1.55. The largest absolute Gasteiger partial charge is 0.550 e. The number of fused-ring (bicyclic) bond motifs is 2. The van der Waals surface area contributed by atoms with Crippen molar-refractivity contribution >= 4 is 17.6 Å². The molecule has 2 aliphatic carbocycles. The number of aryl methyl sites for hydroxylation is 1. The fourth-order valence-corrected chi connectivity index (χ4v) is 3.64. The highest BCUT2D eigenvalue weighted by Gasteiger charge is 2.48. The van der Waals surface area contributed by atoms with Gasteiger partial charge in [-0.3, -0.25) is 4.79 Å². The number of hydrogen-bond donors (Lipinski definition) is 1. The maximum Gasteiger partial charge on any atom is 0.228 e. The highest BCUT2D eigenvalue weighted by Crippen LogP contribution is 2.48. The van der Waals surface area contributed by atoms with Crippen LogP contribution in [0.3, 0.4) is 0 Å². The molecule has 1 N–H and O–H groups in total. The SMILES string of the molecule is COc1ccc(C)cc1NC(=O)[C@H]1[C@@H](C(=O)[O-])[C@H]2C=C[C@@H]1C2. The van der Waals surface area contributed by atoms with E-state index >= 15 is 0 Å². The number of anilines is 1. The Kier molecular flexibility index (Phi) is 3.64. The number of carbonyl (C=O) groups excluding carboxylic acids is 2. The van der Waals surface area contributed by atoms with E-state index in [0.717, 1.165) is 5.56 Å². The van der Waals surface area contributed by atoms with E-state index in [1.165, 1.54) is 7.11 Å². The molecule has 0 aliphatic heterocycles. The second-order valence-electron chi connectivity index (χ2n) is 6.01. The minimum Gasteiger partial charge on any atom is -0.550 e. The van der Waals surface area contributed by atoms with E-state index in [4.69, 9.17) is 4.74 Å². The summed E-state index contributed by atoms with van der Waals surface area (Å²) in [6, 6.07) is 5.48. The minimum atomic E-state index is -1.15. The van der Waals surface area contributed by atoms with Crippen molar-refractivity contribution in [1.29, 1.82) is 0 Å². The average Bonchev–Trinajstić information content (AvgIpc) is 3.08. The molecule has 0 heterocycles. The number of aliphatic carboxylic acids is 1. The number of benzene rings is 1. The third-order valence-corrected chi connectivity index (χ3v) is 4.65. The molecule has 5 nitrogen and oxygen atoms in total. The lowest BCUT2D eigenvalue weighted by Crippen LogP contribution is -2.42. The Morgan fingerprint density at radius 2 is 1.91 bits per heavy atom. The van der Waals surface area contributed by atoms with Crippen LogP contribution in [0.1, 0.15) is 12.0 Å². The highest BCUT2D eigenvalue weighted by atomic mass is 16.5. The molecular formula is C17H18NO4-. The first-order valence-corrected chi connectivity index (χ1v) is 7.36. The van der Waals surface area contributed by atoms with E-state index in [1.54, 1.807) is 6.07 Å². The molecular weight excluding hydrogens is 282 g/mol. The van der Waals surface area contributed by atoms with Gasteiger partial charge < -0.3 is 20.0 Å². The van der Waals surface area contributed by atoms with Gasteiger partial charge in [0.1, 0.15) is 5.75 Å². The van der Waals surface area contributed by atoms with Crippen LogP contribution in [0, 0.1) is 30.6 Å². The Morgan fingerprint density at radius 1 is 1.23 bits per heavy atom. The number of amides is 1. The van der Waals surface area contributed by atoms with Gasteiger partial charge in [-0.15, -0.1) is 0 Å². The van der Waals surface area contributed by atoms with E-state index in [1.807, 2.05) is 31.2 Å². The van der Waals surface area contributed by atoms with Gasteiger partial charge in [0.2, 0.25) is 5.91 Å². The van der Waals surface area contributed by atoms with Gasteiger partial charge in [-0.1, -0.05) is 18.2 Å². The smallest absolute Gasteiger partial charge is 0.228 e. The van der Waals surface area contributed by atoms with Crippen LogP contribution < -0.4 is 15.2 Å². The van der Waals surface area contributed by atoms with Crippen LogP contribution >= 0.6 is 0 Å². The number of rotatable bonds is 4. The predicted octanol–water partition coefficient (Wildman–Crippen LogP) is 1.13. The molecule has 22 heavy (non-hydrogen) atoms. The van der Waals surface area contributed by atoms with Crippen LogP contribution in [0.15, 0.2) is 30.4 Å². The molecule has 116 valence electrons. The fraction of sp³-hybridized carbons (Fsp3) is 0.412. The van der Waals surface area contributed by atoms with Gasteiger partial charge in [0, 0.05) is 11.9 Å². The van der Waals surface area contributed by atoms with Gasteiger partial charge in [-0.25, -0.2) is 0 Å². The molecule has 5 heteroatoms. The van der Waals surface area contributed by atoms with Crippen molar-refractivity contribution in [2.45, 2.75) is 13.3 Å². The van der Waals surface area contributed by atoms with E-state index in [0.29, 0.717) is 17.9 Å². The minimum absolute atomic E-state index is 0.0243. The zero-order valence-corrected chi connectivity index (χ0v) is 12.5. The monoisotopic (exact) mass is 300 g/mol. The van der Waals surface area contributed by atoms with E-state index in [9.17, 15) is 14.7 Å². The summed E-state index contributed by atoms with van der Waals surface area (Å²) in [7, 11) is 1.53. The Bertz CT molecular complexity index is 652. The Labute approximate surface area is 129 Å². The van der Waals surface area contributed by atoms with Crippen LogP contribution in [-0.2, 0) is 9.59 Å². The number of carboxylic acid groups (broad SMARTS) is 1. The lowest BCUT2D eigenvalue weighted by Gasteiger charge is -2.28.